The van der Waals surface area contributed by atoms with Gasteiger partial charge in [0.2, 0.25) is 0 Å². The first-order valence-corrected chi connectivity index (χ1v) is 3.09. The van der Waals surface area contributed by atoms with Gasteiger partial charge in [0.15, 0.2) is 0 Å². The Bertz CT molecular complexity index is 66.8. The van der Waals surface area contributed by atoms with Gasteiger partial charge in [0.05, 0.1) is 6.61 Å². The summed E-state index contributed by atoms with van der Waals surface area (Å²) < 4.78 is 0. The lowest BCUT2D eigenvalue weighted by molar-refractivity contribution is -0.225. The Morgan fingerprint density at radius 2 is 2.38 bits per heavy atom. The van der Waals surface area contributed by atoms with E-state index >= 15 is 0 Å². The van der Waals surface area contributed by atoms with Crippen molar-refractivity contribution < 1.29 is 9.69 Å². The van der Waals surface area contributed by atoms with Crippen molar-refractivity contribution in [1.29, 1.82) is 0 Å². The van der Waals surface area contributed by atoms with E-state index in [0.717, 1.165) is 13.0 Å². The summed E-state index contributed by atoms with van der Waals surface area (Å²) in [6.07, 6.45) is 1.13. The first-order valence-electron chi connectivity index (χ1n) is 3.09. The molecule has 0 spiro atoms. The van der Waals surface area contributed by atoms with Gasteiger partial charge in [-0.05, 0) is 12.2 Å². The Morgan fingerprint density at radius 3 is 2.75 bits per heavy atom. The van der Waals surface area contributed by atoms with Crippen LogP contribution in [0.1, 0.15) is 13.3 Å². The minimum Gasteiger partial charge on any atom is -0.305 e. The molecule has 46 valence electrons. The molecule has 0 aromatic carbocycles. The van der Waals surface area contributed by atoms with Crippen LogP contribution in [-0.2, 0) is 9.69 Å². The van der Waals surface area contributed by atoms with Gasteiger partial charge in [-0.3, -0.25) is 4.89 Å². The van der Waals surface area contributed by atoms with Crippen molar-refractivity contribution >= 4 is 6.92 Å². The van der Waals surface area contributed by atoms with Crippen molar-refractivity contribution in [2.45, 2.75) is 26.0 Å². The van der Waals surface area contributed by atoms with Gasteiger partial charge >= 0.3 is 6.92 Å². The molecule has 8 heavy (non-hydrogen) atoms. The smallest absolute Gasteiger partial charge is 0.305 e. The monoisotopic (exact) mass is 114 g/mol. The van der Waals surface area contributed by atoms with Crippen LogP contribution in [-0.4, -0.2) is 13.5 Å². The zero-order valence-electron chi connectivity index (χ0n) is 5.39. The van der Waals surface area contributed by atoms with E-state index in [9.17, 15) is 0 Å². The predicted octanol–water partition coefficient (Wildman–Crippen LogP) is 1.35. The third-order valence-corrected chi connectivity index (χ3v) is 1.68. The molecule has 1 rings (SSSR count). The summed E-state index contributed by atoms with van der Waals surface area (Å²) in [7, 11) is 0. The van der Waals surface area contributed by atoms with Crippen molar-refractivity contribution in [3.63, 3.8) is 0 Å². The average molecular weight is 114 g/mol. The fraction of sp³-hybridized carbons (Fsp3) is 1.00. The maximum atomic E-state index is 4.89. The molecule has 1 aliphatic heterocycles. The van der Waals surface area contributed by atoms with E-state index < -0.39 is 0 Å². The summed E-state index contributed by atoms with van der Waals surface area (Å²) >= 11 is 0. The molecule has 1 heterocycles. The lowest BCUT2D eigenvalue weighted by Gasteiger charge is -2.21. The molecule has 0 aromatic heterocycles. The van der Waals surface area contributed by atoms with Gasteiger partial charge in [-0.25, -0.2) is 0 Å². The topological polar surface area (TPSA) is 18.5 Å². The largest absolute Gasteiger partial charge is 0.340 e. The quantitative estimate of drug-likeness (QED) is 0.349. The van der Waals surface area contributed by atoms with Crippen LogP contribution in [0.25, 0.3) is 0 Å². The molecule has 1 unspecified atom stereocenters. The lowest BCUT2D eigenvalue weighted by atomic mass is 9.58. The molecular weight excluding hydrogens is 103 g/mol. The predicted molar refractivity (Wildman–Crippen MR) is 32.7 cm³/mol. The standard InChI is InChI=1S/C5H11BO2/c1-5-3-4-7-8-6(5)2/h5H,3-4H2,1-2H3. The van der Waals surface area contributed by atoms with Crippen molar-refractivity contribution in [2.75, 3.05) is 6.61 Å². The number of hydrogen-bond donors (Lipinski definition) is 0. The third kappa shape index (κ3) is 1.23. The summed E-state index contributed by atoms with van der Waals surface area (Å²) in [6.45, 7) is 5.24. The van der Waals surface area contributed by atoms with Crippen molar-refractivity contribution in [3.05, 3.63) is 0 Å². The highest BCUT2D eigenvalue weighted by atomic mass is 17.2. The summed E-state index contributed by atoms with van der Waals surface area (Å²) in [5.41, 5.74) is 0. The van der Waals surface area contributed by atoms with Gasteiger partial charge in [0, 0.05) is 0 Å². The Hall–Kier alpha value is -0.0151. The molecule has 1 atom stereocenters. The van der Waals surface area contributed by atoms with Crippen LogP contribution in [0.5, 0.6) is 0 Å². The van der Waals surface area contributed by atoms with Crippen molar-refractivity contribution in [1.82, 2.24) is 0 Å². The molecule has 0 N–H and O–H groups in total. The molecule has 2 nitrogen and oxygen atoms in total. The van der Waals surface area contributed by atoms with Gasteiger partial charge in [0.1, 0.15) is 0 Å². The van der Waals surface area contributed by atoms with Crippen LogP contribution in [0, 0.1) is 0 Å². The fourth-order valence-corrected chi connectivity index (χ4v) is 0.719. The van der Waals surface area contributed by atoms with Gasteiger partial charge < -0.3 is 4.81 Å². The lowest BCUT2D eigenvalue weighted by Crippen LogP contribution is -2.26. The maximum absolute atomic E-state index is 4.89. The first kappa shape index (κ1) is 6.11. The molecule has 0 amide bonds. The minimum atomic E-state index is 0.281. The molecule has 0 radical (unpaired) electrons. The van der Waals surface area contributed by atoms with Crippen LogP contribution < -0.4 is 0 Å². The van der Waals surface area contributed by atoms with E-state index in [1.807, 2.05) is 6.82 Å². The van der Waals surface area contributed by atoms with Gasteiger partial charge in [-0.2, -0.15) is 0 Å². The normalized spacial score (nSPS) is 30.8. The average Bonchev–Trinajstić information content (AvgIpc) is 1.77. The SMILES string of the molecule is CB1OOCCC1C. The Morgan fingerprint density at radius 1 is 1.62 bits per heavy atom. The summed E-state index contributed by atoms with van der Waals surface area (Å²) in [6, 6.07) is 0. The molecule has 0 saturated carbocycles. The fourth-order valence-electron chi connectivity index (χ4n) is 0.719. The highest BCUT2D eigenvalue weighted by Gasteiger charge is 2.23. The van der Waals surface area contributed by atoms with Gasteiger partial charge in [-0.1, -0.05) is 13.7 Å². The highest BCUT2D eigenvalue weighted by molar-refractivity contribution is 6.51. The molecule has 0 aliphatic carbocycles. The Labute approximate surface area is 50.2 Å². The van der Waals surface area contributed by atoms with Gasteiger partial charge in [0.25, 0.3) is 0 Å². The maximum Gasteiger partial charge on any atom is 0.340 e. The highest BCUT2D eigenvalue weighted by Crippen LogP contribution is 2.19. The number of rotatable bonds is 0. The van der Waals surface area contributed by atoms with E-state index in [4.69, 9.17) is 9.69 Å². The zero-order valence-corrected chi connectivity index (χ0v) is 5.39. The van der Waals surface area contributed by atoms with E-state index in [0.29, 0.717) is 5.82 Å². The Balaban J connectivity index is 2.28. The van der Waals surface area contributed by atoms with Crippen molar-refractivity contribution in [2.24, 2.45) is 0 Å². The minimum absolute atomic E-state index is 0.281. The van der Waals surface area contributed by atoms with Gasteiger partial charge in [-0.15, -0.1) is 0 Å². The molecule has 3 heteroatoms. The Kier molecular flexibility index (Phi) is 1.92. The summed E-state index contributed by atoms with van der Waals surface area (Å²) in [4.78, 5) is 9.64. The molecule has 1 saturated heterocycles. The van der Waals surface area contributed by atoms with Crippen LogP contribution in [0.2, 0.25) is 12.6 Å². The first-order chi connectivity index (χ1) is 3.80. The molecule has 1 aliphatic rings. The second kappa shape index (κ2) is 2.51. The second-order valence-electron chi connectivity index (χ2n) is 2.39. The number of hydrogen-bond acceptors (Lipinski definition) is 2. The molecule has 1 fully saturated rings. The van der Waals surface area contributed by atoms with E-state index in [2.05, 4.69) is 6.92 Å². The van der Waals surface area contributed by atoms with Crippen molar-refractivity contribution in [3.8, 4) is 0 Å². The molecule has 0 bridgehead atoms. The van der Waals surface area contributed by atoms with E-state index in [1.165, 1.54) is 0 Å². The van der Waals surface area contributed by atoms with Crippen LogP contribution >= 0.6 is 0 Å². The van der Waals surface area contributed by atoms with Crippen LogP contribution in [0.15, 0.2) is 0 Å². The van der Waals surface area contributed by atoms with Crippen LogP contribution in [0.4, 0.5) is 0 Å². The molecular formula is C5H11BO2. The second-order valence-corrected chi connectivity index (χ2v) is 2.39. The van der Waals surface area contributed by atoms with E-state index in [-0.39, 0.29) is 6.92 Å². The zero-order chi connectivity index (χ0) is 5.98. The summed E-state index contributed by atoms with van der Waals surface area (Å²) in [5.74, 6) is 0.656. The van der Waals surface area contributed by atoms with E-state index in [1.54, 1.807) is 0 Å². The molecule has 0 aromatic rings. The summed E-state index contributed by atoms with van der Waals surface area (Å²) in [5, 5.41) is 0. The third-order valence-electron chi connectivity index (χ3n) is 1.68. The van der Waals surface area contributed by atoms with Crippen LogP contribution in [0.3, 0.4) is 0 Å².